The third kappa shape index (κ3) is 4.32. The normalized spacial score (nSPS) is 23.4. The Bertz CT molecular complexity index is 626. The standard InChI is InChI=1S/C17H25N3O3.N2/c1-16(2,3)20-10-13(18)9-17(20,14(19)21)15(22)23-11-12-7-5-4-6-8-12;1-2/h4-8,13H,9-11,18H2,1-3H3,(H2,19,21);/t13-,17+;/m1./s1. The zero-order valence-electron chi connectivity index (χ0n) is 14.8. The topological polar surface area (TPSA) is 146 Å². The summed E-state index contributed by atoms with van der Waals surface area (Å²) in [6.07, 6.45) is 0.174. The number of carbonyl (C=O) groups excluding carboxylic acids is 2. The minimum atomic E-state index is -1.51. The second-order valence-corrected chi connectivity index (χ2v) is 7.03. The Balaban J connectivity index is 0.00000151. The van der Waals surface area contributed by atoms with E-state index in [0.717, 1.165) is 5.56 Å². The van der Waals surface area contributed by atoms with Gasteiger partial charge in [-0.1, -0.05) is 30.3 Å². The van der Waals surface area contributed by atoms with Gasteiger partial charge >= 0.3 is 5.97 Å². The van der Waals surface area contributed by atoms with E-state index in [2.05, 4.69) is 0 Å². The first-order valence-corrected chi connectivity index (χ1v) is 7.92. The van der Waals surface area contributed by atoms with E-state index in [9.17, 15) is 9.59 Å². The number of nitrogens with two attached hydrogens (primary N) is 2. The summed E-state index contributed by atoms with van der Waals surface area (Å²) < 4.78 is 5.41. The van der Waals surface area contributed by atoms with Gasteiger partial charge in [-0.05, 0) is 26.3 Å². The van der Waals surface area contributed by atoms with Gasteiger partial charge in [-0.25, -0.2) is 4.79 Å². The number of rotatable bonds is 4. The van der Waals surface area contributed by atoms with Crippen LogP contribution in [0.3, 0.4) is 0 Å². The Morgan fingerprint density at radius 2 is 1.84 bits per heavy atom. The number of benzene rings is 1. The van der Waals surface area contributed by atoms with Crippen molar-refractivity contribution in [2.75, 3.05) is 6.54 Å². The number of amides is 1. The summed E-state index contributed by atoms with van der Waals surface area (Å²) in [7, 11) is 0. The van der Waals surface area contributed by atoms with Crippen LogP contribution in [0.1, 0.15) is 32.8 Å². The molecule has 0 bridgehead atoms. The summed E-state index contributed by atoms with van der Waals surface area (Å²) >= 11 is 0. The number of nitrogens with zero attached hydrogens (tertiary/aromatic N) is 3. The Kier molecular flexibility index (Phi) is 6.62. The van der Waals surface area contributed by atoms with Crippen molar-refractivity contribution < 1.29 is 14.3 Å². The van der Waals surface area contributed by atoms with Crippen LogP contribution in [0, 0.1) is 10.8 Å². The summed E-state index contributed by atoms with van der Waals surface area (Å²) in [5.41, 5.74) is 10.5. The smallest absolute Gasteiger partial charge is 0.336 e. The van der Waals surface area contributed by atoms with E-state index in [-0.39, 0.29) is 19.1 Å². The van der Waals surface area contributed by atoms with E-state index in [1.54, 1.807) is 4.90 Å². The molecule has 1 amide bonds. The molecule has 0 spiro atoms. The van der Waals surface area contributed by atoms with Crippen LogP contribution in [0.4, 0.5) is 0 Å². The van der Waals surface area contributed by atoms with Gasteiger partial charge in [0.2, 0.25) is 11.4 Å². The van der Waals surface area contributed by atoms with Crippen LogP contribution in [-0.2, 0) is 20.9 Å². The number of hydrogen-bond acceptors (Lipinski definition) is 7. The van der Waals surface area contributed by atoms with Gasteiger partial charge in [0.25, 0.3) is 0 Å². The van der Waals surface area contributed by atoms with Crippen molar-refractivity contribution in [1.82, 2.24) is 4.90 Å². The zero-order chi connectivity index (χ0) is 19.3. The lowest BCUT2D eigenvalue weighted by molar-refractivity contribution is -0.165. The van der Waals surface area contributed by atoms with Gasteiger partial charge in [0.05, 0.1) is 0 Å². The molecule has 8 nitrogen and oxygen atoms in total. The number of esters is 1. The fourth-order valence-corrected chi connectivity index (χ4v) is 3.16. The molecular weight excluding hydrogens is 322 g/mol. The Morgan fingerprint density at radius 3 is 2.32 bits per heavy atom. The summed E-state index contributed by atoms with van der Waals surface area (Å²) in [6, 6.07) is 9.01. The molecular formula is C17H25N5O3. The predicted molar refractivity (Wildman–Crippen MR) is 90.7 cm³/mol. The van der Waals surface area contributed by atoms with Crippen molar-refractivity contribution in [1.29, 1.82) is 10.8 Å². The highest BCUT2D eigenvalue weighted by molar-refractivity contribution is 6.07. The van der Waals surface area contributed by atoms with E-state index in [1.807, 2.05) is 51.1 Å². The molecule has 4 N–H and O–H groups in total. The molecule has 25 heavy (non-hydrogen) atoms. The van der Waals surface area contributed by atoms with Crippen molar-refractivity contribution >= 4 is 11.9 Å². The summed E-state index contributed by atoms with van der Waals surface area (Å²) in [5.74, 6) is -1.34. The second-order valence-electron chi connectivity index (χ2n) is 7.03. The molecule has 0 radical (unpaired) electrons. The van der Waals surface area contributed by atoms with Crippen molar-refractivity contribution in [3.63, 3.8) is 0 Å². The maximum absolute atomic E-state index is 12.8. The molecule has 1 saturated heterocycles. The molecule has 1 fully saturated rings. The van der Waals surface area contributed by atoms with Crippen molar-refractivity contribution in [3.8, 4) is 0 Å². The predicted octanol–water partition coefficient (Wildman–Crippen LogP) is 0.816. The van der Waals surface area contributed by atoms with Crippen LogP contribution in [0.5, 0.6) is 0 Å². The lowest BCUT2D eigenvalue weighted by Crippen LogP contribution is -2.64. The molecule has 0 saturated carbocycles. The molecule has 1 aliphatic rings. The van der Waals surface area contributed by atoms with Crippen LogP contribution >= 0.6 is 0 Å². The average Bonchev–Trinajstić information content (AvgIpc) is 2.94. The first kappa shape index (κ1) is 20.5. The number of primary amides is 1. The van der Waals surface area contributed by atoms with E-state index >= 15 is 0 Å². The summed E-state index contributed by atoms with van der Waals surface area (Å²) in [4.78, 5) is 26.7. The van der Waals surface area contributed by atoms with Crippen molar-refractivity contribution in [2.45, 2.75) is 50.9 Å². The van der Waals surface area contributed by atoms with Crippen LogP contribution in [-0.4, -0.2) is 40.4 Å². The molecule has 136 valence electrons. The van der Waals surface area contributed by atoms with Gasteiger partial charge in [0.15, 0.2) is 0 Å². The Morgan fingerprint density at radius 1 is 1.28 bits per heavy atom. The van der Waals surface area contributed by atoms with E-state index in [0.29, 0.717) is 6.54 Å². The molecule has 0 aliphatic carbocycles. The SMILES string of the molecule is CC(C)(C)N1C[C@H](N)C[C@]1(C(N)=O)C(=O)OCc1ccccc1.N#N. The van der Waals surface area contributed by atoms with Crippen molar-refractivity contribution in [2.24, 2.45) is 11.5 Å². The van der Waals surface area contributed by atoms with Crippen LogP contribution in [0.2, 0.25) is 0 Å². The molecule has 1 heterocycles. The minimum absolute atomic E-state index is 0.0991. The molecule has 2 rings (SSSR count). The van der Waals surface area contributed by atoms with Gasteiger partial charge in [0.1, 0.15) is 6.61 Å². The second kappa shape index (κ2) is 8.05. The van der Waals surface area contributed by atoms with Crippen LogP contribution < -0.4 is 11.5 Å². The van der Waals surface area contributed by atoms with E-state index in [4.69, 9.17) is 27.0 Å². The molecule has 8 heteroatoms. The first-order valence-electron chi connectivity index (χ1n) is 7.92. The van der Waals surface area contributed by atoms with Crippen molar-refractivity contribution in [3.05, 3.63) is 35.9 Å². The van der Waals surface area contributed by atoms with Gasteiger partial charge in [-0.3, -0.25) is 9.69 Å². The lowest BCUT2D eigenvalue weighted by atomic mass is 9.90. The third-order valence-corrected chi connectivity index (χ3v) is 4.20. The Labute approximate surface area is 147 Å². The molecule has 1 aromatic carbocycles. The summed E-state index contributed by atoms with van der Waals surface area (Å²) in [6.45, 7) is 6.29. The fraction of sp³-hybridized carbons (Fsp3) is 0.529. The molecule has 0 aromatic heterocycles. The number of hydrogen-bond donors (Lipinski definition) is 2. The van der Waals surface area contributed by atoms with Gasteiger partial charge < -0.3 is 16.2 Å². The van der Waals surface area contributed by atoms with Gasteiger partial charge in [-0.15, -0.1) is 0 Å². The Hall–Kier alpha value is -2.50. The third-order valence-electron chi connectivity index (χ3n) is 4.20. The molecule has 2 atom stereocenters. The largest absolute Gasteiger partial charge is 0.459 e. The fourth-order valence-electron chi connectivity index (χ4n) is 3.16. The monoisotopic (exact) mass is 347 g/mol. The number of carbonyl (C=O) groups is 2. The highest BCUT2D eigenvalue weighted by Crippen LogP contribution is 2.36. The van der Waals surface area contributed by atoms with E-state index in [1.165, 1.54) is 0 Å². The average molecular weight is 347 g/mol. The minimum Gasteiger partial charge on any atom is -0.459 e. The molecule has 1 aliphatic heterocycles. The highest BCUT2D eigenvalue weighted by Gasteiger charge is 2.59. The van der Waals surface area contributed by atoms with Crippen LogP contribution in [0.15, 0.2) is 30.3 Å². The number of ether oxygens (including phenoxy) is 1. The highest BCUT2D eigenvalue weighted by atomic mass is 16.5. The maximum Gasteiger partial charge on any atom is 0.336 e. The lowest BCUT2D eigenvalue weighted by Gasteiger charge is -2.42. The van der Waals surface area contributed by atoms with E-state index < -0.39 is 23.0 Å². The number of likely N-dealkylation sites (tertiary alicyclic amines) is 1. The summed E-state index contributed by atoms with van der Waals surface area (Å²) in [5, 5.41) is 12.0. The molecule has 0 unspecified atom stereocenters. The van der Waals surface area contributed by atoms with Crippen LogP contribution in [0.25, 0.3) is 0 Å². The quantitative estimate of drug-likeness (QED) is 0.465. The molecule has 1 aromatic rings. The maximum atomic E-state index is 12.8. The first-order chi connectivity index (χ1) is 11.7. The van der Waals surface area contributed by atoms with Gasteiger partial charge in [-0.2, -0.15) is 0 Å². The van der Waals surface area contributed by atoms with Gasteiger partial charge in [0, 0.05) is 35.3 Å². The zero-order valence-corrected chi connectivity index (χ0v) is 14.8.